The second-order valence-electron chi connectivity index (χ2n) is 2.78. The molecular weight excluding hydrogens is 158 g/mol. The van der Waals surface area contributed by atoms with Gasteiger partial charge in [-0.3, -0.25) is 4.79 Å². The molecule has 2 heterocycles. The number of nitrogens with zero attached hydrogens (tertiary/aromatic N) is 1. The van der Waals surface area contributed by atoms with Crippen LogP contribution in [-0.2, 0) is 0 Å². The fraction of sp³-hybridized carbons (Fsp3) is 0.375. The number of amides is 1. The van der Waals surface area contributed by atoms with Crippen LogP contribution in [0.3, 0.4) is 0 Å². The summed E-state index contributed by atoms with van der Waals surface area (Å²) in [6.07, 6.45) is 0. The van der Waals surface area contributed by atoms with Gasteiger partial charge in [0.1, 0.15) is 0 Å². The lowest BCUT2D eigenvalue weighted by atomic mass is 10.4. The van der Waals surface area contributed by atoms with E-state index in [1.54, 1.807) is 0 Å². The highest BCUT2D eigenvalue weighted by molar-refractivity contribution is 7.12. The predicted octanol–water partition coefficient (Wildman–Crippen LogP) is 1.59. The van der Waals surface area contributed by atoms with Gasteiger partial charge in [0.2, 0.25) is 0 Å². The summed E-state index contributed by atoms with van der Waals surface area (Å²) in [6.45, 7) is 2.99. The van der Waals surface area contributed by atoms with E-state index in [4.69, 9.17) is 0 Å². The third-order valence-electron chi connectivity index (χ3n) is 1.85. The van der Waals surface area contributed by atoms with Crippen LogP contribution in [0.25, 0.3) is 0 Å². The third kappa shape index (κ3) is 1.16. The summed E-state index contributed by atoms with van der Waals surface area (Å²) in [7, 11) is 0. The van der Waals surface area contributed by atoms with Gasteiger partial charge < -0.3 is 4.90 Å². The lowest BCUT2D eigenvalue weighted by Gasteiger charge is -1.97. The molecule has 0 aliphatic carbocycles. The average molecular weight is 167 g/mol. The van der Waals surface area contributed by atoms with E-state index in [1.807, 2.05) is 22.4 Å². The van der Waals surface area contributed by atoms with Gasteiger partial charge in [-0.05, 0) is 18.4 Å². The molecule has 1 aromatic rings. The molecule has 1 fully saturated rings. The monoisotopic (exact) mass is 167 g/mol. The molecule has 0 bridgehead atoms. The normalized spacial score (nSPS) is 21.9. The summed E-state index contributed by atoms with van der Waals surface area (Å²) >= 11 is 1.51. The molecule has 0 saturated carbocycles. The Bertz CT molecular complexity index is 268. The smallest absolute Gasteiger partial charge is 0.264 e. The van der Waals surface area contributed by atoms with Gasteiger partial charge in [-0.25, -0.2) is 0 Å². The van der Waals surface area contributed by atoms with Crippen molar-refractivity contribution >= 4 is 17.2 Å². The van der Waals surface area contributed by atoms with E-state index in [2.05, 4.69) is 6.92 Å². The maximum atomic E-state index is 11.4. The van der Waals surface area contributed by atoms with E-state index in [0.29, 0.717) is 6.04 Å². The lowest BCUT2D eigenvalue weighted by molar-refractivity contribution is 0.0881. The molecule has 1 unspecified atom stereocenters. The SMILES string of the molecule is CC1CN1C(=O)c1cccs1. The van der Waals surface area contributed by atoms with Gasteiger partial charge in [0.05, 0.1) is 4.88 Å². The van der Waals surface area contributed by atoms with Gasteiger partial charge in [0.25, 0.3) is 5.91 Å². The van der Waals surface area contributed by atoms with Crippen LogP contribution in [0.5, 0.6) is 0 Å². The molecule has 1 amide bonds. The minimum atomic E-state index is 0.188. The maximum Gasteiger partial charge on any atom is 0.264 e. The number of rotatable bonds is 1. The van der Waals surface area contributed by atoms with Crippen LogP contribution in [0.2, 0.25) is 0 Å². The topological polar surface area (TPSA) is 20.1 Å². The summed E-state index contributed by atoms with van der Waals surface area (Å²) in [6, 6.07) is 4.24. The van der Waals surface area contributed by atoms with Crippen molar-refractivity contribution in [3.63, 3.8) is 0 Å². The zero-order valence-corrected chi connectivity index (χ0v) is 7.10. The van der Waals surface area contributed by atoms with Crippen LogP contribution in [0.1, 0.15) is 16.6 Å². The van der Waals surface area contributed by atoms with Gasteiger partial charge in [-0.2, -0.15) is 0 Å². The maximum absolute atomic E-state index is 11.4. The second-order valence-corrected chi connectivity index (χ2v) is 3.73. The largest absolute Gasteiger partial charge is 0.331 e. The molecule has 11 heavy (non-hydrogen) atoms. The van der Waals surface area contributed by atoms with E-state index >= 15 is 0 Å². The second kappa shape index (κ2) is 2.34. The fourth-order valence-corrected chi connectivity index (χ4v) is 1.74. The fourth-order valence-electron chi connectivity index (χ4n) is 1.06. The quantitative estimate of drug-likeness (QED) is 0.582. The summed E-state index contributed by atoms with van der Waals surface area (Å²) in [5.41, 5.74) is 0. The van der Waals surface area contributed by atoms with Gasteiger partial charge in [-0.1, -0.05) is 6.07 Å². The number of carbonyl (C=O) groups excluding carboxylic acids is 1. The van der Waals surface area contributed by atoms with E-state index in [-0.39, 0.29) is 5.91 Å². The Morgan fingerprint density at radius 1 is 1.82 bits per heavy atom. The van der Waals surface area contributed by atoms with Gasteiger partial charge in [-0.15, -0.1) is 11.3 Å². The van der Waals surface area contributed by atoms with Crippen molar-refractivity contribution < 1.29 is 4.79 Å². The first-order valence-corrected chi connectivity index (χ1v) is 4.51. The van der Waals surface area contributed by atoms with Gasteiger partial charge in [0, 0.05) is 12.6 Å². The van der Waals surface area contributed by atoms with Crippen molar-refractivity contribution in [2.45, 2.75) is 13.0 Å². The first-order chi connectivity index (χ1) is 5.29. The Labute approximate surface area is 69.4 Å². The van der Waals surface area contributed by atoms with Crippen molar-refractivity contribution in [2.75, 3.05) is 6.54 Å². The molecule has 0 radical (unpaired) electrons. The summed E-state index contributed by atoms with van der Waals surface area (Å²) in [5, 5.41) is 1.93. The summed E-state index contributed by atoms with van der Waals surface area (Å²) < 4.78 is 0. The first-order valence-electron chi connectivity index (χ1n) is 3.63. The van der Waals surface area contributed by atoms with Crippen LogP contribution >= 0.6 is 11.3 Å². The van der Waals surface area contributed by atoms with Crippen LogP contribution in [-0.4, -0.2) is 23.4 Å². The van der Waals surface area contributed by atoms with E-state index < -0.39 is 0 Å². The van der Waals surface area contributed by atoms with Crippen molar-refractivity contribution in [3.8, 4) is 0 Å². The minimum absolute atomic E-state index is 0.188. The van der Waals surface area contributed by atoms with E-state index in [9.17, 15) is 4.79 Å². The lowest BCUT2D eigenvalue weighted by Crippen LogP contribution is -2.10. The molecule has 1 aromatic heterocycles. The zero-order chi connectivity index (χ0) is 7.84. The van der Waals surface area contributed by atoms with Crippen molar-refractivity contribution in [2.24, 2.45) is 0 Å². The summed E-state index contributed by atoms with van der Waals surface area (Å²) in [4.78, 5) is 14.1. The molecule has 0 N–H and O–H groups in total. The number of hydrogen-bond acceptors (Lipinski definition) is 2. The Balaban J connectivity index is 2.13. The van der Waals surface area contributed by atoms with Crippen LogP contribution in [0, 0.1) is 0 Å². The average Bonchev–Trinajstić information content (AvgIpc) is 2.56. The Hall–Kier alpha value is -0.830. The highest BCUT2D eigenvalue weighted by Crippen LogP contribution is 2.22. The van der Waals surface area contributed by atoms with Crippen LogP contribution in [0.15, 0.2) is 17.5 Å². The molecule has 1 aliphatic rings. The van der Waals surface area contributed by atoms with Crippen molar-refractivity contribution in [1.82, 2.24) is 4.90 Å². The highest BCUT2D eigenvalue weighted by Gasteiger charge is 2.34. The Kier molecular flexibility index (Phi) is 1.46. The van der Waals surface area contributed by atoms with Gasteiger partial charge >= 0.3 is 0 Å². The number of thiophene rings is 1. The van der Waals surface area contributed by atoms with Crippen molar-refractivity contribution in [3.05, 3.63) is 22.4 Å². The molecule has 1 atom stereocenters. The standard InChI is InChI=1S/C8H9NOS/c1-6-5-9(6)8(10)7-3-2-4-11-7/h2-4,6H,5H2,1H3. The molecule has 1 aliphatic heterocycles. The number of hydrogen-bond donors (Lipinski definition) is 0. The third-order valence-corrected chi connectivity index (χ3v) is 2.71. The predicted molar refractivity (Wildman–Crippen MR) is 44.8 cm³/mol. The molecule has 2 nitrogen and oxygen atoms in total. The summed E-state index contributed by atoms with van der Waals surface area (Å²) in [5.74, 6) is 0.188. The minimum Gasteiger partial charge on any atom is -0.331 e. The van der Waals surface area contributed by atoms with E-state index in [0.717, 1.165) is 11.4 Å². The molecule has 2 rings (SSSR count). The van der Waals surface area contributed by atoms with Gasteiger partial charge in [0.15, 0.2) is 0 Å². The first kappa shape index (κ1) is 6.85. The van der Waals surface area contributed by atoms with Crippen LogP contribution < -0.4 is 0 Å². The highest BCUT2D eigenvalue weighted by atomic mass is 32.1. The van der Waals surface area contributed by atoms with E-state index in [1.165, 1.54) is 11.3 Å². The van der Waals surface area contributed by atoms with Crippen molar-refractivity contribution in [1.29, 1.82) is 0 Å². The molecular formula is C8H9NOS. The molecule has 0 spiro atoms. The molecule has 1 saturated heterocycles. The molecule has 0 aromatic carbocycles. The zero-order valence-electron chi connectivity index (χ0n) is 6.28. The molecule has 3 heteroatoms. The number of carbonyl (C=O) groups is 1. The Morgan fingerprint density at radius 2 is 2.55 bits per heavy atom. The van der Waals surface area contributed by atoms with Crippen LogP contribution in [0.4, 0.5) is 0 Å². The molecule has 58 valence electrons. The Morgan fingerprint density at radius 3 is 3.00 bits per heavy atom.